The van der Waals surface area contributed by atoms with Gasteiger partial charge in [0.05, 0.1) is 0 Å². The molecule has 0 spiro atoms. The number of nitrogens with one attached hydrogen (secondary N) is 1. The second-order valence-corrected chi connectivity index (χ2v) is 3.51. The first-order valence-corrected chi connectivity index (χ1v) is 6.64. The molecule has 2 heteroatoms. The molecule has 1 fully saturated rings. The number of piperazine rings is 1. The average molecular weight is 238 g/mol. The molecule has 0 aromatic rings. The third-order valence-corrected chi connectivity index (χ3v) is 2.07. The average Bonchev–Trinajstić information content (AvgIpc) is 2.39. The lowest BCUT2D eigenvalue weighted by Crippen LogP contribution is -2.40. The van der Waals surface area contributed by atoms with Gasteiger partial charge in [-0.15, -0.1) is 0 Å². The van der Waals surface area contributed by atoms with Crippen molar-refractivity contribution < 1.29 is 0 Å². The van der Waals surface area contributed by atoms with Gasteiger partial charge >= 0.3 is 0 Å². The first-order valence-electron chi connectivity index (χ1n) is 6.64. The monoisotopic (exact) mass is 238 g/mol. The van der Waals surface area contributed by atoms with E-state index in [9.17, 15) is 0 Å². The number of rotatable bonds is 3. The van der Waals surface area contributed by atoms with Gasteiger partial charge in [0.1, 0.15) is 0 Å². The molecule has 100 valence electrons. The zero-order valence-electron chi connectivity index (χ0n) is 12.1. The highest BCUT2D eigenvalue weighted by Gasteiger charge is 2.01. The lowest BCUT2D eigenvalue weighted by molar-refractivity contribution is 0.291. The number of hydrogen-bond acceptors (Lipinski definition) is 2. The highest BCUT2D eigenvalue weighted by molar-refractivity contribution is 5.08. The predicted molar refractivity (Wildman–Crippen MR) is 80.5 cm³/mol. The smallest absolute Gasteiger partial charge is 0.0104 e. The summed E-state index contributed by atoms with van der Waals surface area (Å²) in [4.78, 5) is 2.33. The van der Waals surface area contributed by atoms with Crippen LogP contribution in [0.25, 0.3) is 0 Å². The molecular formula is C15H30N2. The topological polar surface area (TPSA) is 15.3 Å². The summed E-state index contributed by atoms with van der Waals surface area (Å²) < 4.78 is 0. The highest BCUT2D eigenvalue weighted by Crippen LogP contribution is 1.83. The molecule has 0 atom stereocenters. The van der Waals surface area contributed by atoms with Crippen molar-refractivity contribution in [2.24, 2.45) is 0 Å². The van der Waals surface area contributed by atoms with Crippen molar-refractivity contribution in [3.8, 4) is 0 Å². The Balaban J connectivity index is 0. The standard InChI is InChI=1S/C8H12.C5H12N2.C2H6/c1-3-5-7-8-6-4-2;1-7-4-2-6-3-5-7;1-2/h3,5-8H,1,4H2,2H3;6H,2-5H2,1H3;1-2H3/b7-5-,8-6-;;. The van der Waals surface area contributed by atoms with E-state index in [1.54, 1.807) is 6.08 Å². The van der Waals surface area contributed by atoms with Gasteiger partial charge in [0.15, 0.2) is 0 Å². The van der Waals surface area contributed by atoms with E-state index in [-0.39, 0.29) is 0 Å². The van der Waals surface area contributed by atoms with Crippen molar-refractivity contribution >= 4 is 0 Å². The Hall–Kier alpha value is -0.860. The van der Waals surface area contributed by atoms with Crippen LogP contribution < -0.4 is 5.32 Å². The fraction of sp³-hybridized carbons (Fsp3) is 0.600. The van der Waals surface area contributed by atoms with Crippen LogP contribution in [-0.2, 0) is 0 Å². The molecule has 0 amide bonds. The number of hydrogen-bond donors (Lipinski definition) is 1. The van der Waals surface area contributed by atoms with Crippen LogP contribution in [0, 0.1) is 0 Å². The highest BCUT2D eigenvalue weighted by atomic mass is 15.2. The molecule has 1 N–H and O–H groups in total. The lowest BCUT2D eigenvalue weighted by atomic mass is 10.4. The molecule has 2 nitrogen and oxygen atoms in total. The Kier molecular flexibility index (Phi) is 19.1. The fourth-order valence-corrected chi connectivity index (χ4v) is 1.13. The predicted octanol–water partition coefficient (Wildman–Crippen LogP) is 3.24. The van der Waals surface area contributed by atoms with Crippen LogP contribution in [0.3, 0.4) is 0 Å². The van der Waals surface area contributed by atoms with Gasteiger partial charge < -0.3 is 10.2 Å². The van der Waals surface area contributed by atoms with E-state index in [2.05, 4.69) is 36.8 Å². The van der Waals surface area contributed by atoms with Crippen LogP contribution >= 0.6 is 0 Å². The van der Waals surface area contributed by atoms with E-state index in [1.165, 1.54) is 13.1 Å². The summed E-state index contributed by atoms with van der Waals surface area (Å²) in [7, 11) is 2.15. The first kappa shape index (κ1) is 18.5. The summed E-state index contributed by atoms with van der Waals surface area (Å²) in [6.45, 7) is 14.4. The molecule has 1 heterocycles. The maximum atomic E-state index is 3.54. The maximum Gasteiger partial charge on any atom is 0.0104 e. The Morgan fingerprint density at radius 3 is 2.06 bits per heavy atom. The Bertz CT molecular complexity index is 189. The van der Waals surface area contributed by atoms with Crippen molar-refractivity contribution in [2.45, 2.75) is 27.2 Å². The molecule has 0 radical (unpaired) electrons. The SMILES string of the molecule is C=C/C=C\C=C/CC.CC.CN1CCNCC1. The molecule has 0 saturated carbocycles. The molecule has 0 unspecified atom stereocenters. The zero-order chi connectivity index (χ0) is 13.4. The van der Waals surface area contributed by atoms with Gasteiger partial charge in [-0.05, 0) is 13.5 Å². The summed E-state index contributed by atoms with van der Waals surface area (Å²) in [6, 6.07) is 0. The molecule has 17 heavy (non-hydrogen) atoms. The molecule has 0 bridgehead atoms. The molecule has 1 saturated heterocycles. The van der Waals surface area contributed by atoms with Crippen molar-refractivity contribution in [1.29, 1.82) is 0 Å². The van der Waals surface area contributed by atoms with Crippen molar-refractivity contribution in [1.82, 2.24) is 10.2 Å². The molecule has 1 aliphatic heterocycles. The maximum absolute atomic E-state index is 3.54. The minimum Gasteiger partial charge on any atom is -0.314 e. The van der Waals surface area contributed by atoms with E-state index < -0.39 is 0 Å². The molecule has 0 aromatic heterocycles. The van der Waals surface area contributed by atoms with Gasteiger partial charge in [-0.25, -0.2) is 0 Å². The van der Waals surface area contributed by atoms with Crippen LogP contribution in [0.2, 0.25) is 0 Å². The van der Waals surface area contributed by atoms with E-state index in [4.69, 9.17) is 0 Å². The van der Waals surface area contributed by atoms with Gasteiger partial charge in [-0.3, -0.25) is 0 Å². The minimum absolute atomic E-state index is 1.10. The van der Waals surface area contributed by atoms with E-state index >= 15 is 0 Å². The quantitative estimate of drug-likeness (QED) is 0.759. The number of nitrogens with zero attached hydrogens (tertiary/aromatic N) is 1. The first-order chi connectivity index (χ1) is 8.31. The number of likely N-dealkylation sites (N-methyl/N-ethyl adjacent to an activating group) is 1. The Morgan fingerprint density at radius 2 is 1.71 bits per heavy atom. The van der Waals surface area contributed by atoms with Gasteiger partial charge in [0, 0.05) is 26.2 Å². The number of allylic oxidation sites excluding steroid dienone is 5. The second-order valence-electron chi connectivity index (χ2n) is 3.51. The molecule has 1 rings (SSSR count). The van der Waals surface area contributed by atoms with Crippen molar-refractivity contribution in [3.63, 3.8) is 0 Å². The lowest BCUT2D eigenvalue weighted by Gasteiger charge is -2.21. The van der Waals surface area contributed by atoms with Gasteiger partial charge in [0.2, 0.25) is 0 Å². The van der Waals surface area contributed by atoms with E-state index in [0.29, 0.717) is 0 Å². The second kappa shape index (κ2) is 17.5. The minimum atomic E-state index is 1.10. The molecular weight excluding hydrogens is 208 g/mol. The molecule has 0 aliphatic carbocycles. The van der Waals surface area contributed by atoms with Crippen molar-refractivity contribution in [2.75, 3.05) is 33.2 Å². The third-order valence-electron chi connectivity index (χ3n) is 2.07. The van der Waals surface area contributed by atoms with Crippen molar-refractivity contribution in [3.05, 3.63) is 37.0 Å². The third kappa shape index (κ3) is 17.7. The zero-order valence-corrected chi connectivity index (χ0v) is 12.1. The largest absolute Gasteiger partial charge is 0.314 e. The van der Waals surface area contributed by atoms with Crippen LogP contribution in [0.1, 0.15) is 27.2 Å². The van der Waals surface area contributed by atoms with Gasteiger partial charge in [0.25, 0.3) is 0 Å². The summed E-state index contributed by atoms with van der Waals surface area (Å²) in [6.07, 6.45) is 10.9. The van der Waals surface area contributed by atoms with Crippen LogP contribution in [-0.4, -0.2) is 38.1 Å². The van der Waals surface area contributed by atoms with Crippen LogP contribution in [0.15, 0.2) is 37.0 Å². The van der Waals surface area contributed by atoms with Gasteiger partial charge in [-0.1, -0.05) is 57.7 Å². The molecule has 0 aromatic carbocycles. The van der Waals surface area contributed by atoms with Crippen LogP contribution in [0.5, 0.6) is 0 Å². The van der Waals surface area contributed by atoms with Gasteiger partial charge in [-0.2, -0.15) is 0 Å². The molecule has 1 aliphatic rings. The fourth-order valence-electron chi connectivity index (χ4n) is 1.13. The van der Waals surface area contributed by atoms with E-state index in [1.807, 2.05) is 32.1 Å². The summed E-state index contributed by atoms with van der Waals surface area (Å²) in [5, 5.41) is 3.27. The normalized spacial score (nSPS) is 16.0. The summed E-state index contributed by atoms with van der Waals surface area (Å²) in [5.41, 5.74) is 0. The summed E-state index contributed by atoms with van der Waals surface area (Å²) >= 11 is 0. The van der Waals surface area contributed by atoms with E-state index in [0.717, 1.165) is 19.5 Å². The van der Waals surface area contributed by atoms with Crippen LogP contribution in [0.4, 0.5) is 0 Å². The summed E-state index contributed by atoms with van der Waals surface area (Å²) in [5.74, 6) is 0. The Labute approximate surface area is 108 Å². The Morgan fingerprint density at radius 1 is 1.12 bits per heavy atom.